The van der Waals surface area contributed by atoms with Crippen molar-refractivity contribution in [3.8, 4) is 5.75 Å². The molecular weight excluding hydrogens is 371 g/mol. The largest absolute Gasteiger partial charge is 0.495 e. The number of rotatable bonds is 5. The normalized spacial score (nSPS) is 11.4. The lowest BCUT2D eigenvalue weighted by Gasteiger charge is -2.15. The fourth-order valence-corrected chi connectivity index (χ4v) is 3.23. The second kappa shape index (κ2) is 7.38. The molecule has 2 rings (SSSR count). The highest BCUT2D eigenvalue weighted by atomic mass is 35.5. The van der Waals surface area contributed by atoms with E-state index in [4.69, 9.17) is 16.3 Å². The van der Waals surface area contributed by atoms with Crippen molar-refractivity contribution in [1.29, 1.82) is 0 Å². The van der Waals surface area contributed by atoms with Crippen molar-refractivity contribution in [3.63, 3.8) is 0 Å². The van der Waals surface area contributed by atoms with E-state index in [9.17, 15) is 17.6 Å². The van der Waals surface area contributed by atoms with Crippen molar-refractivity contribution >= 4 is 33.2 Å². The summed E-state index contributed by atoms with van der Waals surface area (Å²) in [6.07, 6.45) is 0. The number of benzene rings is 2. The number of nitrogens with zero attached hydrogens (tertiary/aromatic N) is 1. The number of sulfonamides is 1. The van der Waals surface area contributed by atoms with E-state index in [2.05, 4.69) is 5.32 Å². The molecule has 0 spiro atoms. The zero-order valence-corrected chi connectivity index (χ0v) is 15.3. The number of carbonyl (C=O) groups is 1. The van der Waals surface area contributed by atoms with Gasteiger partial charge in [0.1, 0.15) is 11.6 Å². The molecule has 1 amide bonds. The summed E-state index contributed by atoms with van der Waals surface area (Å²) >= 11 is 5.88. The van der Waals surface area contributed by atoms with Crippen LogP contribution in [0.2, 0.25) is 5.02 Å². The summed E-state index contributed by atoms with van der Waals surface area (Å²) in [7, 11) is 0.419. The topological polar surface area (TPSA) is 75.7 Å². The highest BCUT2D eigenvalue weighted by Crippen LogP contribution is 2.30. The molecule has 0 aliphatic carbocycles. The molecule has 2 aromatic rings. The first-order chi connectivity index (χ1) is 11.7. The lowest BCUT2D eigenvalue weighted by atomic mass is 10.2. The van der Waals surface area contributed by atoms with E-state index in [0.717, 1.165) is 10.4 Å². The average Bonchev–Trinajstić information content (AvgIpc) is 2.54. The second-order valence-corrected chi connectivity index (χ2v) is 7.76. The van der Waals surface area contributed by atoms with E-state index in [1.807, 2.05) is 0 Å². The number of amides is 1. The SMILES string of the molecule is COc1ccc(S(=O)(=O)N(C)C)cc1NC(=O)c1c(F)cccc1Cl. The molecular formula is C16H16ClFN2O4S. The minimum absolute atomic E-state index is 0.0479. The van der Waals surface area contributed by atoms with E-state index < -0.39 is 21.7 Å². The molecule has 134 valence electrons. The lowest BCUT2D eigenvalue weighted by molar-refractivity contribution is 0.102. The van der Waals surface area contributed by atoms with Crippen molar-refractivity contribution in [2.75, 3.05) is 26.5 Å². The molecule has 0 unspecified atom stereocenters. The molecule has 6 nitrogen and oxygen atoms in total. The monoisotopic (exact) mass is 386 g/mol. The Hall–Kier alpha value is -2.16. The van der Waals surface area contributed by atoms with E-state index >= 15 is 0 Å². The Morgan fingerprint density at radius 2 is 1.92 bits per heavy atom. The van der Waals surface area contributed by atoms with Gasteiger partial charge in [0.25, 0.3) is 5.91 Å². The average molecular weight is 387 g/mol. The van der Waals surface area contributed by atoms with Crippen molar-refractivity contribution in [2.24, 2.45) is 0 Å². The van der Waals surface area contributed by atoms with Crippen molar-refractivity contribution < 1.29 is 22.3 Å². The van der Waals surface area contributed by atoms with E-state index in [1.54, 1.807) is 0 Å². The zero-order valence-electron chi connectivity index (χ0n) is 13.7. The minimum atomic E-state index is -3.71. The van der Waals surface area contributed by atoms with Crippen LogP contribution in [-0.4, -0.2) is 39.8 Å². The molecule has 0 bridgehead atoms. The molecule has 0 saturated carbocycles. The standard InChI is InChI=1S/C16H16ClFN2O4S/c1-20(2)25(22,23)10-7-8-14(24-3)13(9-10)19-16(21)15-11(17)5-4-6-12(15)18/h4-9H,1-3H3,(H,19,21). The first-order valence-corrected chi connectivity index (χ1v) is 8.86. The van der Waals surface area contributed by atoms with Gasteiger partial charge in [0.15, 0.2) is 0 Å². The van der Waals surface area contributed by atoms with Gasteiger partial charge in [-0.05, 0) is 30.3 Å². The van der Waals surface area contributed by atoms with Crippen LogP contribution in [0.4, 0.5) is 10.1 Å². The fraction of sp³-hybridized carbons (Fsp3) is 0.188. The number of nitrogens with one attached hydrogen (secondary N) is 1. The van der Waals surface area contributed by atoms with Crippen LogP contribution in [0.25, 0.3) is 0 Å². The summed E-state index contributed by atoms with van der Waals surface area (Å²) in [5.41, 5.74) is -0.262. The summed E-state index contributed by atoms with van der Waals surface area (Å²) in [6.45, 7) is 0. The smallest absolute Gasteiger partial charge is 0.260 e. The minimum Gasteiger partial charge on any atom is -0.495 e. The zero-order chi connectivity index (χ0) is 18.8. The molecule has 0 aliphatic rings. The summed E-state index contributed by atoms with van der Waals surface area (Å²) in [6, 6.07) is 7.84. The Morgan fingerprint density at radius 3 is 2.48 bits per heavy atom. The van der Waals surface area contributed by atoms with Gasteiger partial charge in [-0.2, -0.15) is 0 Å². The van der Waals surface area contributed by atoms with Gasteiger partial charge < -0.3 is 10.1 Å². The molecule has 0 radical (unpaired) electrons. The predicted molar refractivity (Wildman–Crippen MR) is 93.2 cm³/mol. The number of halogens is 2. The molecule has 9 heteroatoms. The fourth-order valence-electron chi connectivity index (χ4n) is 2.06. The molecule has 0 heterocycles. The number of methoxy groups -OCH3 is 1. The van der Waals surface area contributed by atoms with Gasteiger partial charge >= 0.3 is 0 Å². The maximum Gasteiger partial charge on any atom is 0.260 e. The first kappa shape index (κ1) is 19.2. The number of hydrogen-bond donors (Lipinski definition) is 1. The third-order valence-electron chi connectivity index (χ3n) is 3.39. The van der Waals surface area contributed by atoms with E-state index in [1.165, 1.54) is 51.5 Å². The summed E-state index contributed by atoms with van der Waals surface area (Å²) in [5.74, 6) is -1.39. The van der Waals surface area contributed by atoms with Gasteiger partial charge in [0, 0.05) is 14.1 Å². The Labute approximate surface area is 150 Å². The molecule has 0 aliphatic heterocycles. The number of anilines is 1. The third kappa shape index (κ3) is 3.92. The van der Waals surface area contributed by atoms with Crippen molar-refractivity contribution in [3.05, 3.63) is 52.8 Å². The Morgan fingerprint density at radius 1 is 1.24 bits per heavy atom. The molecule has 0 saturated heterocycles. The van der Waals surface area contributed by atoms with Crippen molar-refractivity contribution in [2.45, 2.75) is 4.90 Å². The van der Waals surface area contributed by atoms with Gasteiger partial charge in [0.05, 0.1) is 28.3 Å². The van der Waals surface area contributed by atoms with Crippen LogP contribution in [0, 0.1) is 5.82 Å². The number of ether oxygens (including phenoxy) is 1. The van der Waals surface area contributed by atoms with Crippen LogP contribution in [0.5, 0.6) is 5.75 Å². The van der Waals surface area contributed by atoms with Crippen LogP contribution in [0.15, 0.2) is 41.3 Å². The maximum absolute atomic E-state index is 13.9. The highest BCUT2D eigenvalue weighted by Gasteiger charge is 2.21. The van der Waals surface area contributed by atoms with Crippen molar-refractivity contribution in [1.82, 2.24) is 4.31 Å². The van der Waals surface area contributed by atoms with Crippen LogP contribution in [0.1, 0.15) is 10.4 Å². The summed E-state index contributed by atoms with van der Waals surface area (Å²) < 4.78 is 44.5. The molecule has 2 aromatic carbocycles. The summed E-state index contributed by atoms with van der Waals surface area (Å²) in [5, 5.41) is 2.38. The van der Waals surface area contributed by atoms with Gasteiger partial charge in [0.2, 0.25) is 10.0 Å². The predicted octanol–water partition coefficient (Wildman–Crippen LogP) is 2.99. The number of carbonyl (C=O) groups excluding carboxylic acids is 1. The Bertz CT molecular complexity index is 896. The van der Waals surface area contributed by atoms with Crippen LogP contribution in [-0.2, 0) is 10.0 Å². The lowest BCUT2D eigenvalue weighted by Crippen LogP contribution is -2.22. The van der Waals surface area contributed by atoms with Crippen LogP contribution in [0.3, 0.4) is 0 Å². The van der Waals surface area contributed by atoms with Crippen LogP contribution >= 0.6 is 11.6 Å². The highest BCUT2D eigenvalue weighted by molar-refractivity contribution is 7.89. The van der Waals surface area contributed by atoms with Gasteiger partial charge in [-0.25, -0.2) is 17.1 Å². The Balaban J connectivity index is 2.46. The Kier molecular flexibility index (Phi) is 5.66. The van der Waals surface area contributed by atoms with Gasteiger partial charge in [-0.1, -0.05) is 17.7 Å². The van der Waals surface area contributed by atoms with E-state index in [-0.39, 0.29) is 26.9 Å². The van der Waals surface area contributed by atoms with Gasteiger partial charge in [-0.15, -0.1) is 0 Å². The second-order valence-electron chi connectivity index (χ2n) is 5.20. The quantitative estimate of drug-likeness (QED) is 0.857. The first-order valence-electron chi connectivity index (χ1n) is 7.04. The molecule has 1 N–H and O–H groups in total. The number of hydrogen-bond acceptors (Lipinski definition) is 4. The van der Waals surface area contributed by atoms with Crippen LogP contribution < -0.4 is 10.1 Å². The summed E-state index contributed by atoms with van der Waals surface area (Å²) in [4.78, 5) is 12.3. The molecule has 0 aromatic heterocycles. The molecule has 0 fully saturated rings. The maximum atomic E-state index is 13.9. The molecule has 0 atom stereocenters. The third-order valence-corrected chi connectivity index (χ3v) is 5.51. The molecule has 25 heavy (non-hydrogen) atoms. The van der Waals surface area contributed by atoms with E-state index in [0.29, 0.717) is 0 Å². The van der Waals surface area contributed by atoms with Gasteiger partial charge in [-0.3, -0.25) is 4.79 Å².